The van der Waals surface area contributed by atoms with Crippen molar-refractivity contribution in [3.8, 4) is 0 Å². The Morgan fingerprint density at radius 2 is 1.92 bits per heavy atom. The molecule has 0 aliphatic rings. The summed E-state index contributed by atoms with van der Waals surface area (Å²) in [6.07, 6.45) is 1.44. The van der Waals surface area contributed by atoms with Crippen molar-refractivity contribution < 1.29 is 0 Å². The van der Waals surface area contributed by atoms with Crippen molar-refractivity contribution in [3.05, 3.63) is 34.2 Å². The van der Waals surface area contributed by atoms with Gasteiger partial charge >= 0.3 is 0 Å². The molecule has 0 amide bonds. The molecule has 0 aliphatic carbocycles. The molecule has 0 saturated carbocycles. The third-order valence-corrected chi connectivity index (χ3v) is 2.49. The van der Waals surface area contributed by atoms with Gasteiger partial charge in [0.2, 0.25) is 0 Å². The van der Waals surface area contributed by atoms with Crippen molar-refractivity contribution in [1.82, 2.24) is 9.97 Å². The number of nitrogens with zero attached hydrogens (tertiary/aromatic N) is 2. The van der Waals surface area contributed by atoms with Crippen LogP contribution in [0.4, 0.5) is 0 Å². The molecule has 2 nitrogen and oxygen atoms in total. The quantitative estimate of drug-likeness (QED) is 0.627. The van der Waals surface area contributed by atoms with Crippen molar-refractivity contribution in [1.29, 1.82) is 0 Å². The number of rotatable bonds is 0. The van der Waals surface area contributed by atoms with Gasteiger partial charge in [-0.2, -0.15) is 0 Å². The summed E-state index contributed by atoms with van der Waals surface area (Å²) in [6, 6.07) is 3.71. The minimum absolute atomic E-state index is 0.402. The van der Waals surface area contributed by atoms with Crippen LogP contribution in [0.3, 0.4) is 0 Å². The first-order valence-electron chi connectivity index (χ1n) is 3.75. The number of aromatic nitrogens is 2. The van der Waals surface area contributed by atoms with Crippen LogP contribution in [0.15, 0.2) is 18.5 Å². The summed E-state index contributed by atoms with van der Waals surface area (Å²) < 4.78 is 0. The highest BCUT2D eigenvalue weighted by Crippen LogP contribution is 2.28. The number of fused-ring (bicyclic) bond motifs is 1. The molecule has 0 radical (unpaired) electrons. The summed E-state index contributed by atoms with van der Waals surface area (Å²) >= 11 is 11.9. The molecule has 0 atom stereocenters. The first kappa shape index (κ1) is 8.73. The summed E-state index contributed by atoms with van der Waals surface area (Å²) in [5.41, 5.74) is 1.86. The van der Waals surface area contributed by atoms with Crippen LogP contribution in [0.25, 0.3) is 10.9 Å². The summed E-state index contributed by atoms with van der Waals surface area (Å²) in [4.78, 5) is 8.00. The van der Waals surface area contributed by atoms with E-state index in [9.17, 15) is 0 Å². The maximum atomic E-state index is 5.97. The van der Waals surface area contributed by atoms with Gasteiger partial charge in [0.25, 0.3) is 0 Å². The zero-order chi connectivity index (χ0) is 9.42. The number of halogens is 2. The fourth-order valence-electron chi connectivity index (χ4n) is 1.24. The van der Waals surface area contributed by atoms with E-state index in [1.54, 1.807) is 6.07 Å². The lowest BCUT2D eigenvalue weighted by molar-refractivity contribution is 1.21. The molecule has 0 aliphatic heterocycles. The topological polar surface area (TPSA) is 25.8 Å². The largest absolute Gasteiger partial charge is 0.236 e. The van der Waals surface area contributed by atoms with Gasteiger partial charge in [-0.25, -0.2) is 9.97 Å². The van der Waals surface area contributed by atoms with Crippen LogP contribution in [-0.2, 0) is 0 Å². The fourth-order valence-corrected chi connectivity index (χ4v) is 1.76. The summed E-state index contributed by atoms with van der Waals surface area (Å²) in [5.74, 6) is 0. The SMILES string of the molecule is Cc1ccc(Cl)c2c(Cl)ncnc12. The van der Waals surface area contributed by atoms with Crippen molar-refractivity contribution in [2.24, 2.45) is 0 Å². The molecule has 66 valence electrons. The van der Waals surface area contributed by atoms with Crippen LogP contribution in [0.1, 0.15) is 5.56 Å². The second-order valence-corrected chi connectivity index (χ2v) is 3.52. The van der Waals surface area contributed by atoms with E-state index in [-0.39, 0.29) is 0 Å². The van der Waals surface area contributed by atoms with Crippen molar-refractivity contribution in [3.63, 3.8) is 0 Å². The molecule has 4 heteroatoms. The van der Waals surface area contributed by atoms with Gasteiger partial charge in [-0.1, -0.05) is 29.3 Å². The second kappa shape index (κ2) is 3.13. The van der Waals surface area contributed by atoms with Crippen molar-refractivity contribution >= 4 is 34.1 Å². The molecule has 0 bridgehead atoms. The Morgan fingerprint density at radius 3 is 2.62 bits per heavy atom. The van der Waals surface area contributed by atoms with E-state index >= 15 is 0 Å². The van der Waals surface area contributed by atoms with Crippen LogP contribution in [0.2, 0.25) is 10.2 Å². The molecule has 13 heavy (non-hydrogen) atoms. The lowest BCUT2D eigenvalue weighted by Gasteiger charge is -2.03. The summed E-state index contributed by atoms with van der Waals surface area (Å²) in [6.45, 7) is 1.96. The highest BCUT2D eigenvalue weighted by molar-refractivity contribution is 6.41. The molecule has 0 saturated heterocycles. The number of aryl methyl sites for hydroxylation is 1. The van der Waals surface area contributed by atoms with Crippen LogP contribution in [-0.4, -0.2) is 9.97 Å². The average Bonchev–Trinajstić information content (AvgIpc) is 2.12. The molecule has 1 aromatic carbocycles. The molecule has 0 N–H and O–H groups in total. The van der Waals surface area contributed by atoms with Crippen LogP contribution in [0.5, 0.6) is 0 Å². The van der Waals surface area contributed by atoms with Crippen LogP contribution >= 0.6 is 23.2 Å². The van der Waals surface area contributed by atoms with Gasteiger partial charge < -0.3 is 0 Å². The average molecular weight is 213 g/mol. The summed E-state index contributed by atoms with van der Waals surface area (Å²) in [5, 5.41) is 1.72. The number of hydrogen-bond acceptors (Lipinski definition) is 2. The first-order valence-corrected chi connectivity index (χ1v) is 4.51. The monoisotopic (exact) mass is 212 g/mol. The Morgan fingerprint density at radius 1 is 1.15 bits per heavy atom. The maximum absolute atomic E-state index is 5.97. The van der Waals surface area contributed by atoms with Crippen molar-refractivity contribution in [2.45, 2.75) is 6.92 Å². The van der Waals surface area contributed by atoms with Gasteiger partial charge in [0.05, 0.1) is 15.9 Å². The first-order chi connectivity index (χ1) is 6.20. The normalized spacial score (nSPS) is 10.7. The number of benzene rings is 1. The standard InChI is InChI=1S/C9H6Cl2N2/c1-5-2-3-6(10)7-8(5)12-4-13-9(7)11/h2-4H,1H3. The lowest BCUT2D eigenvalue weighted by atomic mass is 10.1. The van der Waals surface area contributed by atoms with Gasteiger partial charge in [-0.3, -0.25) is 0 Å². The van der Waals surface area contributed by atoms with E-state index < -0.39 is 0 Å². The molecule has 0 spiro atoms. The predicted molar refractivity (Wildman–Crippen MR) is 54.3 cm³/mol. The zero-order valence-corrected chi connectivity index (χ0v) is 8.39. The Hall–Kier alpha value is -0.860. The van der Waals surface area contributed by atoms with Gasteiger partial charge in [0, 0.05) is 0 Å². The molecule has 2 rings (SSSR count). The molecular weight excluding hydrogens is 207 g/mol. The Bertz CT molecular complexity index is 460. The fraction of sp³-hybridized carbons (Fsp3) is 0.111. The summed E-state index contributed by atoms with van der Waals surface area (Å²) in [7, 11) is 0. The minimum Gasteiger partial charge on any atom is -0.236 e. The highest BCUT2D eigenvalue weighted by Gasteiger charge is 2.07. The molecule has 2 aromatic rings. The Labute approximate surface area is 85.5 Å². The van der Waals surface area contributed by atoms with Gasteiger partial charge in [0.15, 0.2) is 0 Å². The molecule has 1 aromatic heterocycles. The molecule has 0 fully saturated rings. The zero-order valence-electron chi connectivity index (χ0n) is 6.88. The van der Waals surface area contributed by atoms with Gasteiger partial charge in [-0.05, 0) is 18.6 Å². The molecular formula is C9H6Cl2N2. The molecule has 1 heterocycles. The van der Waals surface area contributed by atoms with E-state index in [1.165, 1.54) is 6.33 Å². The van der Waals surface area contributed by atoms with E-state index in [0.29, 0.717) is 10.2 Å². The predicted octanol–water partition coefficient (Wildman–Crippen LogP) is 3.25. The minimum atomic E-state index is 0.402. The third kappa shape index (κ3) is 1.36. The van der Waals surface area contributed by atoms with Crippen LogP contribution in [0, 0.1) is 6.92 Å². The van der Waals surface area contributed by atoms with E-state index in [0.717, 1.165) is 16.5 Å². The Balaban J connectivity index is 3.00. The number of hydrogen-bond donors (Lipinski definition) is 0. The van der Waals surface area contributed by atoms with Gasteiger partial charge in [0.1, 0.15) is 11.5 Å². The van der Waals surface area contributed by atoms with Crippen LogP contribution < -0.4 is 0 Å². The van der Waals surface area contributed by atoms with Crippen molar-refractivity contribution in [2.75, 3.05) is 0 Å². The maximum Gasteiger partial charge on any atom is 0.141 e. The third-order valence-electron chi connectivity index (χ3n) is 1.89. The van der Waals surface area contributed by atoms with E-state index in [4.69, 9.17) is 23.2 Å². The van der Waals surface area contributed by atoms with Gasteiger partial charge in [-0.15, -0.1) is 0 Å². The Kier molecular flexibility index (Phi) is 2.10. The smallest absolute Gasteiger partial charge is 0.141 e. The lowest BCUT2D eigenvalue weighted by Crippen LogP contribution is -1.87. The molecule has 0 unspecified atom stereocenters. The van der Waals surface area contributed by atoms with E-state index in [2.05, 4.69) is 9.97 Å². The highest BCUT2D eigenvalue weighted by atomic mass is 35.5. The second-order valence-electron chi connectivity index (χ2n) is 2.75. The van der Waals surface area contributed by atoms with E-state index in [1.807, 2.05) is 13.0 Å².